The molecule has 1 aromatic carbocycles. The molecule has 0 aliphatic rings. The first-order chi connectivity index (χ1) is 11.2. The van der Waals surface area contributed by atoms with Gasteiger partial charge in [-0.15, -0.1) is 0 Å². The van der Waals surface area contributed by atoms with Gasteiger partial charge in [0.2, 0.25) is 5.91 Å². The fourth-order valence-corrected chi connectivity index (χ4v) is 2.18. The first-order valence-electron chi connectivity index (χ1n) is 7.90. The second kappa shape index (κ2) is 8.17. The van der Waals surface area contributed by atoms with Crippen LogP contribution in [-0.4, -0.2) is 22.3 Å². The predicted octanol–water partition coefficient (Wildman–Crippen LogP) is 3.90. The van der Waals surface area contributed by atoms with Crippen molar-refractivity contribution >= 4 is 17.8 Å². The average molecular weight is 313 g/mol. The molecule has 1 amide bonds. The van der Waals surface area contributed by atoms with E-state index in [1.807, 2.05) is 35.9 Å². The van der Waals surface area contributed by atoms with Gasteiger partial charge in [-0.25, -0.2) is 4.68 Å². The zero-order valence-corrected chi connectivity index (χ0v) is 13.8. The molecular formula is C18H23N3O2. The minimum Gasteiger partial charge on any atom is -0.493 e. The monoisotopic (exact) mass is 313 g/mol. The molecule has 0 fully saturated rings. The molecule has 0 spiro atoms. The summed E-state index contributed by atoms with van der Waals surface area (Å²) in [6.45, 7) is 6.67. The molecule has 0 aliphatic heterocycles. The number of anilines is 1. The smallest absolute Gasteiger partial charge is 0.249 e. The van der Waals surface area contributed by atoms with Crippen LogP contribution in [0.25, 0.3) is 6.08 Å². The van der Waals surface area contributed by atoms with Crippen LogP contribution in [-0.2, 0) is 4.79 Å². The van der Waals surface area contributed by atoms with Crippen molar-refractivity contribution in [2.45, 2.75) is 33.2 Å². The molecule has 5 nitrogen and oxygen atoms in total. The van der Waals surface area contributed by atoms with E-state index in [-0.39, 0.29) is 11.9 Å². The number of carbonyl (C=O) groups excluding carboxylic acids is 1. The molecule has 2 aromatic rings. The van der Waals surface area contributed by atoms with Crippen LogP contribution in [0.15, 0.2) is 42.6 Å². The van der Waals surface area contributed by atoms with Gasteiger partial charge in [0.05, 0.1) is 18.8 Å². The van der Waals surface area contributed by atoms with E-state index >= 15 is 0 Å². The standard InChI is InChI=1S/C18H23N3O2/c1-4-14(3)21-17(12-13-19-21)20-18(22)11-10-15-8-6-7-9-16(15)23-5-2/h6-14H,4-5H2,1-3H3,(H,20,22)/b11-10+. The molecule has 1 aromatic heterocycles. The summed E-state index contributed by atoms with van der Waals surface area (Å²) in [7, 11) is 0. The Hall–Kier alpha value is -2.56. The molecular weight excluding hydrogens is 290 g/mol. The zero-order valence-electron chi connectivity index (χ0n) is 13.8. The fourth-order valence-electron chi connectivity index (χ4n) is 2.18. The lowest BCUT2D eigenvalue weighted by atomic mass is 10.2. The Bertz CT molecular complexity index is 676. The topological polar surface area (TPSA) is 56.1 Å². The number of nitrogens with one attached hydrogen (secondary N) is 1. The van der Waals surface area contributed by atoms with Gasteiger partial charge in [0.25, 0.3) is 0 Å². The van der Waals surface area contributed by atoms with Gasteiger partial charge >= 0.3 is 0 Å². The molecule has 1 unspecified atom stereocenters. The fraction of sp³-hybridized carbons (Fsp3) is 0.333. The number of amides is 1. The van der Waals surface area contributed by atoms with Crippen LogP contribution in [0.4, 0.5) is 5.82 Å². The van der Waals surface area contributed by atoms with E-state index in [1.165, 1.54) is 6.08 Å². The zero-order chi connectivity index (χ0) is 16.7. The van der Waals surface area contributed by atoms with Crippen molar-refractivity contribution in [2.75, 3.05) is 11.9 Å². The summed E-state index contributed by atoms with van der Waals surface area (Å²) >= 11 is 0. The van der Waals surface area contributed by atoms with Crippen molar-refractivity contribution in [3.8, 4) is 5.75 Å². The van der Waals surface area contributed by atoms with Gasteiger partial charge in [0.15, 0.2) is 0 Å². The van der Waals surface area contributed by atoms with Crippen LogP contribution >= 0.6 is 0 Å². The Labute approximate surface area is 137 Å². The number of ether oxygens (including phenoxy) is 1. The van der Waals surface area contributed by atoms with Gasteiger partial charge in [-0.1, -0.05) is 25.1 Å². The molecule has 5 heteroatoms. The summed E-state index contributed by atoms with van der Waals surface area (Å²) in [4.78, 5) is 12.1. The van der Waals surface area contributed by atoms with Crippen molar-refractivity contribution in [1.29, 1.82) is 0 Å². The highest BCUT2D eigenvalue weighted by molar-refractivity contribution is 6.01. The number of nitrogens with zero attached hydrogens (tertiary/aromatic N) is 2. The van der Waals surface area contributed by atoms with Crippen LogP contribution in [0, 0.1) is 0 Å². The Morgan fingerprint density at radius 3 is 2.87 bits per heavy atom. The molecule has 122 valence electrons. The van der Waals surface area contributed by atoms with E-state index in [2.05, 4.69) is 24.3 Å². The Kier molecular flexibility index (Phi) is 5.97. The Morgan fingerprint density at radius 1 is 1.35 bits per heavy atom. The normalized spacial score (nSPS) is 12.3. The van der Waals surface area contributed by atoms with Gasteiger partial charge in [0.1, 0.15) is 11.6 Å². The summed E-state index contributed by atoms with van der Waals surface area (Å²) in [6, 6.07) is 9.66. The average Bonchev–Trinajstić information content (AvgIpc) is 3.01. The second-order valence-corrected chi connectivity index (χ2v) is 5.21. The lowest BCUT2D eigenvalue weighted by Gasteiger charge is -2.13. The molecule has 2 rings (SSSR count). The van der Waals surface area contributed by atoms with Gasteiger partial charge in [-0.05, 0) is 32.4 Å². The van der Waals surface area contributed by atoms with Gasteiger partial charge in [-0.3, -0.25) is 4.79 Å². The van der Waals surface area contributed by atoms with Crippen LogP contribution in [0.2, 0.25) is 0 Å². The lowest BCUT2D eigenvalue weighted by molar-refractivity contribution is -0.111. The largest absolute Gasteiger partial charge is 0.493 e. The number of rotatable bonds is 7. The molecule has 0 bridgehead atoms. The highest BCUT2D eigenvalue weighted by Gasteiger charge is 2.09. The van der Waals surface area contributed by atoms with E-state index in [4.69, 9.17) is 4.74 Å². The molecule has 0 saturated carbocycles. The molecule has 1 heterocycles. The van der Waals surface area contributed by atoms with Crippen LogP contribution in [0.3, 0.4) is 0 Å². The third-order valence-electron chi connectivity index (χ3n) is 3.56. The molecule has 0 saturated heterocycles. The number of aromatic nitrogens is 2. The number of benzene rings is 1. The minimum absolute atomic E-state index is 0.193. The molecule has 0 radical (unpaired) electrons. The summed E-state index contributed by atoms with van der Waals surface area (Å²) in [5, 5.41) is 7.12. The van der Waals surface area contributed by atoms with Crippen molar-refractivity contribution in [3.63, 3.8) is 0 Å². The molecule has 23 heavy (non-hydrogen) atoms. The van der Waals surface area contributed by atoms with E-state index in [9.17, 15) is 4.79 Å². The number of carbonyl (C=O) groups is 1. The third kappa shape index (κ3) is 4.45. The molecule has 1 N–H and O–H groups in total. The molecule has 1 atom stereocenters. The summed E-state index contributed by atoms with van der Waals surface area (Å²) in [6.07, 6.45) is 5.90. The van der Waals surface area contributed by atoms with Gasteiger partial charge in [0, 0.05) is 17.7 Å². The summed E-state index contributed by atoms with van der Waals surface area (Å²) in [5.41, 5.74) is 0.875. The SMILES string of the molecule is CCOc1ccccc1/C=C/C(=O)Nc1ccnn1C(C)CC. The van der Waals surface area contributed by atoms with Gasteiger partial charge < -0.3 is 10.1 Å². The minimum atomic E-state index is -0.193. The van der Waals surface area contributed by atoms with E-state index in [1.54, 1.807) is 18.3 Å². The van der Waals surface area contributed by atoms with Crippen LogP contribution in [0.1, 0.15) is 38.8 Å². The Morgan fingerprint density at radius 2 is 2.13 bits per heavy atom. The van der Waals surface area contributed by atoms with E-state index in [0.717, 1.165) is 17.7 Å². The Balaban J connectivity index is 2.07. The van der Waals surface area contributed by atoms with Crippen molar-refractivity contribution in [2.24, 2.45) is 0 Å². The van der Waals surface area contributed by atoms with Crippen LogP contribution < -0.4 is 10.1 Å². The first kappa shape index (κ1) is 16.8. The van der Waals surface area contributed by atoms with E-state index < -0.39 is 0 Å². The third-order valence-corrected chi connectivity index (χ3v) is 3.56. The maximum absolute atomic E-state index is 12.1. The highest BCUT2D eigenvalue weighted by atomic mass is 16.5. The maximum Gasteiger partial charge on any atom is 0.249 e. The number of hydrogen-bond acceptors (Lipinski definition) is 3. The maximum atomic E-state index is 12.1. The quantitative estimate of drug-likeness (QED) is 0.789. The van der Waals surface area contributed by atoms with Crippen molar-refractivity contribution in [1.82, 2.24) is 9.78 Å². The highest BCUT2D eigenvalue weighted by Crippen LogP contribution is 2.20. The lowest BCUT2D eigenvalue weighted by Crippen LogP contribution is -2.15. The van der Waals surface area contributed by atoms with Crippen LogP contribution in [0.5, 0.6) is 5.75 Å². The first-order valence-corrected chi connectivity index (χ1v) is 7.90. The van der Waals surface area contributed by atoms with E-state index in [0.29, 0.717) is 12.4 Å². The number of hydrogen-bond donors (Lipinski definition) is 1. The summed E-state index contributed by atoms with van der Waals surface area (Å²) in [5.74, 6) is 1.28. The van der Waals surface area contributed by atoms with Crippen molar-refractivity contribution in [3.05, 3.63) is 48.2 Å². The summed E-state index contributed by atoms with van der Waals surface area (Å²) < 4.78 is 7.36. The second-order valence-electron chi connectivity index (χ2n) is 5.21. The van der Waals surface area contributed by atoms with Crippen molar-refractivity contribution < 1.29 is 9.53 Å². The molecule has 0 aliphatic carbocycles. The number of para-hydroxylation sites is 1. The predicted molar refractivity (Wildman–Crippen MR) is 92.5 cm³/mol. The van der Waals surface area contributed by atoms with Gasteiger partial charge in [-0.2, -0.15) is 5.10 Å².